The number of halogens is 1. The van der Waals surface area contributed by atoms with Gasteiger partial charge in [-0.2, -0.15) is 0 Å². The van der Waals surface area contributed by atoms with Crippen LogP contribution >= 0.6 is 0 Å². The van der Waals surface area contributed by atoms with Crippen LogP contribution in [0, 0.1) is 5.82 Å². The maximum absolute atomic E-state index is 13.3. The normalized spacial score (nSPS) is 16.9. The van der Waals surface area contributed by atoms with E-state index in [0.717, 1.165) is 18.7 Å². The summed E-state index contributed by atoms with van der Waals surface area (Å²) in [5, 5.41) is 7.19. The summed E-state index contributed by atoms with van der Waals surface area (Å²) in [7, 11) is 0. The van der Waals surface area contributed by atoms with Crippen LogP contribution in [0.2, 0.25) is 0 Å². The van der Waals surface area contributed by atoms with Crippen molar-refractivity contribution in [1.29, 1.82) is 0 Å². The maximum Gasteiger partial charge on any atom is 0.291 e. The van der Waals surface area contributed by atoms with Gasteiger partial charge in [0.2, 0.25) is 5.82 Å². The van der Waals surface area contributed by atoms with Gasteiger partial charge in [0, 0.05) is 19.6 Å². The lowest BCUT2D eigenvalue weighted by atomic mass is 10.0. The van der Waals surface area contributed by atoms with Crippen molar-refractivity contribution in [2.75, 3.05) is 32.8 Å². The van der Waals surface area contributed by atoms with Crippen molar-refractivity contribution in [2.45, 2.75) is 32.4 Å². The molecule has 1 aliphatic heterocycles. The van der Waals surface area contributed by atoms with E-state index in [4.69, 9.17) is 4.74 Å². The Morgan fingerprint density at radius 3 is 2.52 bits per heavy atom. The number of nitrogens with zero attached hydrogens (tertiary/aromatic N) is 4. The summed E-state index contributed by atoms with van der Waals surface area (Å²) in [6.45, 7) is 9.16. The first-order chi connectivity index (χ1) is 12.8. The summed E-state index contributed by atoms with van der Waals surface area (Å²) in [4.78, 5) is 18.9. The molecule has 1 N–H and O–H groups in total. The standard InChI is InChI=1S/C19H26FN5O2/c1-19(2,3)25-13-22-17(23-25)18(26)21-12-16(24-8-10-27-11-9-24)14-4-6-15(20)7-5-14/h4-7,13,16H,8-12H2,1-3H3,(H,21,26). The van der Waals surface area contributed by atoms with Gasteiger partial charge in [0.15, 0.2) is 0 Å². The van der Waals surface area contributed by atoms with Crippen molar-refractivity contribution in [3.63, 3.8) is 0 Å². The third kappa shape index (κ3) is 4.90. The number of hydrogen-bond acceptors (Lipinski definition) is 5. The van der Waals surface area contributed by atoms with E-state index < -0.39 is 0 Å². The number of hydrogen-bond donors (Lipinski definition) is 1. The SMILES string of the molecule is CC(C)(C)n1cnc(C(=O)NCC(c2ccc(F)cc2)N2CCOCC2)n1. The van der Waals surface area contributed by atoms with E-state index in [0.29, 0.717) is 19.8 Å². The average molecular weight is 375 g/mol. The van der Waals surface area contributed by atoms with E-state index in [1.165, 1.54) is 12.1 Å². The zero-order valence-electron chi connectivity index (χ0n) is 16.0. The minimum atomic E-state index is -0.321. The highest BCUT2D eigenvalue weighted by Gasteiger charge is 2.24. The number of rotatable bonds is 5. The van der Waals surface area contributed by atoms with Crippen LogP contribution in [0.25, 0.3) is 0 Å². The Hall–Kier alpha value is -2.32. The first-order valence-electron chi connectivity index (χ1n) is 9.12. The van der Waals surface area contributed by atoms with Gasteiger partial charge in [0.25, 0.3) is 5.91 Å². The molecule has 2 heterocycles. The predicted molar refractivity (Wildman–Crippen MR) is 98.9 cm³/mol. The van der Waals surface area contributed by atoms with Gasteiger partial charge in [-0.1, -0.05) is 12.1 Å². The highest BCUT2D eigenvalue weighted by Crippen LogP contribution is 2.22. The molecule has 3 rings (SSSR count). The van der Waals surface area contributed by atoms with Gasteiger partial charge in [0.05, 0.1) is 24.8 Å². The fourth-order valence-electron chi connectivity index (χ4n) is 2.99. The summed E-state index contributed by atoms with van der Waals surface area (Å²) >= 11 is 0. The van der Waals surface area contributed by atoms with Gasteiger partial charge in [-0.15, -0.1) is 5.10 Å². The van der Waals surface area contributed by atoms with Crippen molar-refractivity contribution in [3.05, 3.63) is 47.8 Å². The third-order valence-corrected chi connectivity index (χ3v) is 4.58. The Labute approximate surface area is 158 Å². The number of morpholine rings is 1. The van der Waals surface area contributed by atoms with Gasteiger partial charge in [-0.25, -0.2) is 14.1 Å². The number of aromatic nitrogens is 3. The molecule has 1 unspecified atom stereocenters. The van der Waals surface area contributed by atoms with Crippen LogP contribution in [0.5, 0.6) is 0 Å². The Kier molecular flexibility index (Phi) is 5.86. The summed E-state index contributed by atoms with van der Waals surface area (Å²) in [5.74, 6) is -0.455. The molecule has 1 atom stereocenters. The molecule has 0 spiro atoms. The van der Waals surface area contributed by atoms with Gasteiger partial charge in [-0.05, 0) is 38.5 Å². The quantitative estimate of drug-likeness (QED) is 0.865. The molecule has 1 fully saturated rings. The smallest absolute Gasteiger partial charge is 0.291 e. The zero-order valence-corrected chi connectivity index (χ0v) is 16.0. The van der Waals surface area contributed by atoms with Crippen molar-refractivity contribution in [3.8, 4) is 0 Å². The zero-order chi connectivity index (χ0) is 19.4. The summed E-state index contributed by atoms with van der Waals surface area (Å²) in [6, 6.07) is 6.33. The summed E-state index contributed by atoms with van der Waals surface area (Å²) in [6.07, 6.45) is 1.56. The van der Waals surface area contributed by atoms with Crippen LogP contribution in [0.1, 0.15) is 43.0 Å². The second-order valence-corrected chi connectivity index (χ2v) is 7.61. The molecule has 1 aromatic carbocycles. The van der Waals surface area contributed by atoms with Gasteiger partial charge in [-0.3, -0.25) is 9.69 Å². The Morgan fingerprint density at radius 1 is 1.26 bits per heavy atom. The first-order valence-corrected chi connectivity index (χ1v) is 9.12. The monoisotopic (exact) mass is 375 g/mol. The molecular weight excluding hydrogens is 349 g/mol. The van der Waals surface area contributed by atoms with Crippen LogP contribution in [0.15, 0.2) is 30.6 Å². The fraction of sp³-hybridized carbons (Fsp3) is 0.526. The van der Waals surface area contributed by atoms with E-state index in [9.17, 15) is 9.18 Å². The molecule has 1 aliphatic rings. The Balaban J connectivity index is 1.71. The minimum absolute atomic E-state index is 0.0665. The average Bonchev–Trinajstić information content (AvgIpc) is 3.15. The molecule has 146 valence electrons. The summed E-state index contributed by atoms with van der Waals surface area (Å²) in [5.41, 5.74) is 0.711. The largest absolute Gasteiger partial charge is 0.379 e. The van der Waals surface area contributed by atoms with Gasteiger partial charge >= 0.3 is 0 Å². The van der Waals surface area contributed by atoms with Crippen LogP contribution in [-0.2, 0) is 10.3 Å². The summed E-state index contributed by atoms with van der Waals surface area (Å²) < 4.78 is 20.4. The fourth-order valence-corrected chi connectivity index (χ4v) is 2.99. The predicted octanol–water partition coefficient (Wildman–Crippen LogP) is 1.98. The van der Waals surface area contributed by atoms with E-state index in [1.54, 1.807) is 23.1 Å². The Morgan fingerprint density at radius 2 is 1.93 bits per heavy atom. The van der Waals surface area contributed by atoms with Crippen LogP contribution in [0.3, 0.4) is 0 Å². The highest BCUT2D eigenvalue weighted by atomic mass is 19.1. The van der Waals surface area contributed by atoms with Gasteiger partial charge < -0.3 is 10.1 Å². The van der Waals surface area contributed by atoms with Crippen molar-refractivity contribution >= 4 is 5.91 Å². The second kappa shape index (κ2) is 8.14. The van der Waals surface area contributed by atoms with Crippen molar-refractivity contribution in [2.24, 2.45) is 0 Å². The lowest BCUT2D eigenvalue weighted by Crippen LogP contribution is -2.44. The van der Waals surface area contributed by atoms with Crippen molar-refractivity contribution in [1.82, 2.24) is 25.0 Å². The molecule has 8 heteroatoms. The first kappa shape index (κ1) is 19.4. The Bertz CT molecular complexity index is 763. The number of carbonyl (C=O) groups excluding carboxylic acids is 1. The minimum Gasteiger partial charge on any atom is -0.379 e. The number of carbonyl (C=O) groups is 1. The molecule has 0 bridgehead atoms. The molecule has 0 aliphatic carbocycles. The number of nitrogens with one attached hydrogen (secondary N) is 1. The number of ether oxygens (including phenoxy) is 1. The number of amides is 1. The van der Waals surface area contributed by atoms with Crippen LogP contribution in [-0.4, -0.2) is 58.4 Å². The van der Waals surface area contributed by atoms with E-state index in [1.807, 2.05) is 20.8 Å². The molecule has 7 nitrogen and oxygen atoms in total. The molecule has 1 amide bonds. The molecular formula is C19H26FN5O2. The van der Waals surface area contributed by atoms with E-state index in [-0.39, 0.29) is 29.1 Å². The van der Waals surface area contributed by atoms with E-state index >= 15 is 0 Å². The molecule has 1 aromatic heterocycles. The van der Waals surface area contributed by atoms with Crippen LogP contribution in [0.4, 0.5) is 4.39 Å². The molecule has 2 aromatic rings. The lowest BCUT2D eigenvalue weighted by Gasteiger charge is -2.34. The molecule has 27 heavy (non-hydrogen) atoms. The number of benzene rings is 1. The topological polar surface area (TPSA) is 72.3 Å². The third-order valence-electron chi connectivity index (χ3n) is 4.58. The van der Waals surface area contributed by atoms with Gasteiger partial charge in [0.1, 0.15) is 12.1 Å². The molecule has 0 saturated carbocycles. The lowest BCUT2D eigenvalue weighted by molar-refractivity contribution is 0.0162. The van der Waals surface area contributed by atoms with E-state index in [2.05, 4.69) is 20.3 Å². The van der Waals surface area contributed by atoms with Crippen LogP contribution < -0.4 is 5.32 Å². The van der Waals surface area contributed by atoms with Crippen molar-refractivity contribution < 1.29 is 13.9 Å². The second-order valence-electron chi connectivity index (χ2n) is 7.61. The molecule has 1 saturated heterocycles. The highest BCUT2D eigenvalue weighted by molar-refractivity contribution is 5.90. The molecule has 0 radical (unpaired) electrons. The maximum atomic E-state index is 13.3.